The normalized spacial score (nSPS) is 10.1. The molecule has 19 heavy (non-hydrogen) atoms. The summed E-state index contributed by atoms with van der Waals surface area (Å²) in [4.78, 5) is 16.3. The summed E-state index contributed by atoms with van der Waals surface area (Å²) in [7, 11) is 0. The molecule has 0 fully saturated rings. The van der Waals surface area contributed by atoms with Crippen molar-refractivity contribution >= 4 is 55.9 Å². The van der Waals surface area contributed by atoms with Gasteiger partial charge in [-0.05, 0) is 56.7 Å². The number of para-hydroxylation sites is 1. The minimum Gasteiger partial charge on any atom is -0.321 e. The number of anilines is 2. The highest BCUT2D eigenvalue weighted by atomic mass is 127. The molecule has 0 saturated heterocycles. The van der Waals surface area contributed by atoms with E-state index in [0.29, 0.717) is 15.9 Å². The lowest BCUT2D eigenvalue weighted by molar-refractivity contribution is 0.102. The van der Waals surface area contributed by atoms with Crippen LogP contribution in [-0.2, 0) is 0 Å². The molecule has 1 heterocycles. The number of carbonyl (C=O) groups is 1. The van der Waals surface area contributed by atoms with Gasteiger partial charge in [0, 0.05) is 14.2 Å². The first-order valence-corrected chi connectivity index (χ1v) is 7.17. The predicted molar refractivity (Wildman–Crippen MR) is 86.9 cm³/mol. The second-order valence-corrected chi connectivity index (χ2v) is 5.71. The van der Waals surface area contributed by atoms with Crippen molar-refractivity contribution in [2.75, 3.05) is 10.7 Å². The standard InChI is InChI=1S/C12H10BrIN4O/c13-7-5-8(11(18-15)16-6-7)12(19)17-10-4-2-1-3-9(10)14/h1-6H,15H2,(H,16,18)(H,17,19). The Balaban J connectivity index is 2.30. The smallest absolute Gasteiger partial charge is 0.259 e. The molecule has 0 bridgehead atoms. The molecular weight excluding hydrogens is 423 g/mol. The zero-order valence-corrected chi connectivity index (χ0v) is 13.4. The molecule has 1 aromatic heterocycles. The summed E-state index contributed by atoms with van der Waals surface area (Å²) < 4.78 is 1.66. The molecule has 0 saturated carbocycles. The number of halogens is 2. The number of nitrogens with one attached hydrogen (secondary N) is 2. The fourth-order valence-corrected chi connectivity index (χ4v) is 2.33. The van der Waals surface area contributed by atoms with Gasteiger partial charge in [0.05, 0.1) is 11.3 Å². The summed E-state index contributed by atoms with van der Waals surface area (Å²) in [5, 5.41) is 2.83. The summed E-state index contributed by atoms with van der Waals surface area (Å²) in [5.74, 6) is 5.41. The summed E-state index contributed by atoms with van der Waals surface area (Å²) in [5.41, 5.74) is 3.53. The van der Waals surface area contributed by atoms with Gasteiger partial charge in [-0.3, -0.25) is 4.79 Å². The molecule has 1 aromatic carbocycles. The molecule has 7 heteroatoms. The van der Waals surface area contributed by atoms with Gasteiger partial charge in [-0.2, -0.15) is 0 Å². The lowest BCUT2D eigenvalue weighted by Gasteiger charge is -2.10. The number of hydrogen-bond donors (Lipinski definition) is 3. The number of nitrogens with two attached hydrogens (primary N) is 1. The van der Waals surface area contributed by atoms with E-state index in [1.54, 1.807) is 12.3 Å². The van der Waals surface area contributed by atoms with Gasteiger partial charge in [0.25, 0.3) is 5.91 Å². The first-order chi connectivity index (χ1) is 9.11. The Morgan fingerprint density at radius 2 is 2.11 bits per heavy atom. The van der Waals surface area contributed by atoms with Gasteiger partial charge in [0.15, 0.2) is 5.82 Å². The molecular formula is C12H10BrIN4O. The van der Waals surface area contributed by atoms with Crippen LogP contribution in [0, 0.1) is 3.57 Å². The fourth-order valence-electron chi connectivity index (χ4n) is 1.48. The van der Waals surface area contributed by atoms with Crippen LogP contribution in [0.2, 0.25) is 0 Å². The van der Waals surface area contributed by atoms with Crippen LogP contribution in [0.15, 0.2) is 41.0 Å². The molecule has 2 rings (SSSR count). The van der Waals surface area contributed by atoms with E-state index in [4.69, 9.17) is 5.84 Å². The molecule has 0 atom stereocenters. The monoisotopic (exact) mass is 432 g/mol. The highest BCUT2D eigenvalue weighted by Gasteiger charge is 2.14. The highest BCUT2D eigenvalue weighted by Crippen LogP contribution is 2.21. The van der Waals surface area contributed by atoms with Crippen LogP contribution in [-0.4, -0.2) is 10.9 Å². The Bertz CT molecular complexity index is 620. The number of pyridine rings is 1. The van der Waals surface area contributed by atoms with Crippen molar-refractivity contribution in [1.29, 1.82) is 0 Å². The number of carbonyl (C=O) groups excluding carboxylic acids is 1. The van der Waals surface area contributed by atoms with E-state index < -0.39 is 0 Å². The zero-order chi connectivity index (χ0) is 13.8. The maximum absolute atomic E-state index is 12.2. The number of amides is 1. The van der Waals surface area contributed by atoms with Crippen LogP contribution in [0.25, 0.3) is 0 Å². The third-order valence-electron chi connectivity index (χ3n) is 2.36. The SMILES string of the molecule is NNc1ncc(Br)cc1C(=O)Nc1ccccc1I. The number of rotatable bonds is 3. The highest BCUT2D eigenvalue weighted by molar-refractivity contribution is 14.1. The second kappa shape index (κ2) is 6.31. The fraction of sp³-hybridized carbons (Fsp3) is 0. The van der Waals surface area contributed by atoms with Crippen molar-refractivity contribution < 1.29 is 4.79 Å². The van der Waals surface area contributed by atoms with Gasteiger partial charge < -0.3 is 10.7 Å². The van der Waals surface area contributed by atoms with Crippen molar-refractivity contribution in [1.82, 2.24) is 4.98 Å². The van der Waals surface area contributed by atoms with E-state index in [1.165, 1.54) is 0 Å². The van der Waals surface area contributed by atoms with Crippen molar-refractivity contribution in [3.8, 4) is 0 Å². The molecule has 2 aromatic rings. The van der Waals surface area contributed by atoms with Gasteiger partial charge in [-0.1, -0.05) is 12.1 Å². The maximum atomic E-state index is 12.2. The van der Waals surface area contributed by atoms with Gasteiger partial charge in [-0.25, -0.2) is 10.8 Å². The molecule has 0 aliphatic heterocycles. The Labute approximate surface area is 132 Å². The Morgan fingerprint density at radius 1 is 1.37 bits per heavy atom. The third-order valence-corrected chi connectivity index (χ3v) is 3.73. The van der Waals surface area contributed by atoms with Crippen LogP contribution < -0.4 is 16.6 Å². The van der Waals surface area contributed by atoms with Crippen LogP contribution >= 0.6 is 38.5 Å². The molecule has 98 valence electrons. The van der Waals surface area contributed by atoms with Gasteiger partial charge in [0.2, 0.25) is 0 Å². The van der Waals surface area contributed by atoms with Crippen LogP contribution in [0.4, 0.5) is 11.5 Å². The zero-order valence-electron chi connectivity index (χ0n) is 9.65. The van der Waals surface area contributed by atoms with E-state index >= 15 is 0 Å². The topological polar surface area (TPSA) is 80.0 Å². The quantitative estimate of drug-likeness (QED) is 0.395. The van der Waals surface area contributed by atoms with Crippen LogP contribution in [0.1, 0.15) is 10.4 Å². The number of hydrogen-bond acceptors (Lipinski definition) is 4. The van der Waals surface area contributed by atoms with Crippen LogP contribution in [0.5, 0.6) is 0 Å². The Morgan fingerprint density at radius 3 is 2.79 bits per heavy atom. The first kappa shape index (κ1) is 14.2. The minimum absolute atomic E-state index is 0.272. The van der Waals surface area contributed by atoms with E-state index in [9.17, 15) is 4.79 Å². The molecule has 4 N–H and O–H groups in total. The van der Waals surface area contributed by atoms with E-state index in [1.807, 2.05) is 24.3 Å². The largest absolute Gasteiger partial charge is 0.321 e. The number of nitrogen functional groups attached to an aromatic ring is 1. The average Bonchev–Trinajstić information content (AvgIpc) is 2.41. The lowest BCUT2D eigenvalue weighted by Crippen LogP contribution is -2.18. The summed E-state index contributed by atoms with van der Waals surface area (Å²) in [6, 6.07) is 9.18. The number of aromatic nitrogens is 1. The van der Waals surface area contributed by atoms with Gasteiger partial charge in [-0.15, -0.1) is 0 Å². The van der Waals surface area contributed by atoms with Crippen molar-refractivity contribution in [2.45, 2.75) is 0 Å². The van der Waals surface area contributed by atoms with Crippen LogP contribution in [0.3, 0.4) is 0 Å². The second-order valence-electron chi connectivity index (χ2n) is 3.63. The summed E-state index contributed by atoms with van der Waals surface area (Å²) in [6.07, 6.45) is 1.57. The first-order valence-electron chi connectivity index (χ1n) is 5.30. The lowest BCUT2D eigenvalue weighted by atomic mass is 10.2. The maximum Gasteiger partial charge on any atom is 0.259 e. The Hall–Kier alpha value is -1.19. The molecule has 1 amide bonds. The molecule has 0 aliphatic carbocycles. The summed E-state index contributed by atoms with van der Waals surface area (Å²) >= 11 is 5.44. The summed E-state index contributed by atoms with van der Waals surface area (Å²) in [6.45, 7) is 0. The van der Waals surface area contributed by atoms with Gasteiger partial charge in [0.1, 0.15) is 0 Å². The predicted octanol–water partition coefficient (Wildman–Crippen LogP) is 2.99. The van der Waals surface area contributed by atoms with Gasteiger partial charge >= 0.3 is 0 Å². The number of benzene rings is 1. The molecule has 0 spiro atoms. The average molecular weight is 433 g/mol. The third kappa shape index (κ3) is 3.43. The van der Waals surface area contributed by atoms with E-state index in [2.05, 4.69) is 54.2 Å². The molecule has 0 radical (unpaired) electrons. The molecule has 0 aliphatic rings. The number of hydrazine groups is 1. The molecule has 0 unspecified atom stereocenters. The van der Waals surface area contributed by atoms with Crippen molar-refractivity contribution in [2.24, 2.45) is 5.84 Å². The molecule has 5 nitrogen and oxygen atoms in total. The number of nitrogens with zero attached hydrogens (tertiary/aromatic N) is 1. The van der Waals surface area contributed by atoms with E-state index in [0.717, 1.165) is 9.26 Å². The van der Waals surface area contributed by atoms with E-state index in [-0.39, 0.29) is 5.91 Å². The van der Waals surface area contributed by atoms with Crippen molar-refractivity contribution in [3.05, 3.63) is 50.1 Å². The van der Waals surface area contributed by atoms with Crippen molar-refractivity contribution in [3.63, 3.8) is 0 Å². The Kier molecular flexibility index (Phi) is 4.72. The minimum atomic E-state index is -0.272.